The summed E-state index contributed by atoms with van der Waals surface area (Å²) >= 11 is 0. The first-order valence-corrected chi connectivity index (χ1v) is 7.86. The highest BCUT2D eigenvalue weighted by molar-refractivity contribution is 5.30. The Balaban J connectivity index is 1.48. The van der Waals surface area contributed by atoms with Gasteiger partial charge in [-0.1, -0.05) is 31.2 Å². The largest absolute Gasteiger partial charge is 0.490 e. The Morgan fingerprint density at radius 3 is 2.64 bits per heavy atom. The van der Waals surface area contributed by atoms with Gasteiger partial charge in [-0.3, -0.25) is 9.88 Å². The normalized spacial score (nSPS) is 15.5. The van der Waals surface area contributed by atoms with Crippen LogP contribution in [0.1, 0.15) is 23.6 Å². The molecule has 2 heterocycles. The van der Waals surface area contributed by atoms with Crippen LogP contribution in [-0.4, -0.2) is 29.1 Å². The topological polar surface area (TPSA) is 51.4 Å². The highest BCUT2D eigenvalue weighted by Crippen LogP contribution is 2.22. The van der Waals surface area contributed by atoms with E-state index in [1.54, 1.807) is 6.20 Å². The molecule has 0 bridgehead atoms. The molecule has 0 aliphatic carbocycles. The average Bonchev–Trinajstić information content (AvgIpc) is 2.95. The third-order valence-electron chi connectivity index (χ3n) is 4.04. The zero-order chi connectivity index (χ0) is 15.4. The van der Waals surface area contributed by atoms with Gasteiger partial charge >= 0.3 is 0 Å². The van der Waals surface area contributed by atoms with E-state index < -0.39 is 0 Å². The highest BCUT2D eigenvalue weighted by Gasteiger charge is 2.20. The molecule has 0 radical (unpaired) electrons. The van der Waals surface area contributed by atoms with Crippen LogP contribution in [0.3, 0.4) is 0 Å². The molecule has 1 aromatic carbocycles. The number of nitrogens with two attached hydrogens (primary N) is 1. The number of aromatic nitrogens is 1. The zero-order valence-electron chi connectivity index (χ0n) is 13.0. The van der Waals surface area contributed by atoms with E-state index >= 15 is 0 Å². The molecule has 0 saturated heterocycles. The van der Waals surface area contributed by atoms with Crippen molar-refractivity contribution in [3.63, 3.8) is 0 Å². The van der Waals surface area contributed by atoms with E-state index in [2.05, 4.69) is 41.1 Å². The lowest BCUT2D eigenvalue weighted by molar-refractivity contribution is 0.214. The first-order valence-electron chi connectivity index (χ1n) is 7.86. The molecule has 0 saturated carbocycles. The molecule has 0 unspecified atom stereocenters. The summed E-state index contributed by atoms with van der Waals surface area (Å²) in [6, 6.07) is 10.6. The Kier molecular flexibility index (Phi) is 4.71. The van der Waals surface area contributed by atoms with Crippen molar-refractivity contribution < 1.29 is 4.74 Å². The number of aryl methyl sites for hydroxylation is 1. The minimum absolute atomic E-state index is 0.000375. The smallest absolute Gasteiger partial charge is 0.137 e. The fourth-order valence-corrected chi connectivity index (χ4v) is 2.86. The maximum atomic E-state index is 6.22. The third kappa shape index (κ3) is 3.64. The minimum atomic E-state index is -0.000375. The van der Waals surface area contributed by atoms with Gasteiger partial charge in [0.05, 0.1) is 12.2 Å². The van der Waals surface area contributed by atoms with Crippen LogP contribution in [-0.2, 0) is 19.5 Å². The first-order chi connectivity index (χ1) is 10.7. The van der Waals surface area contributed by atoms with Crippen molar-refractivity contribution in [3.05, 3.63) is 59.4 Å². The van der Waals surface area contributed by atoms with E-state index in [9.17, 15) is 0 Å². The Hall–Kier alpha value is -1.91. The van der Waals surface area contributed by atoms with Gasteiger partial charge in [0.25, 0.3) is 0 Å². The number of fused-ring (bicyclic) bond motifs is 1. The average molecular weight is 297 g/mol. The van der Waals surface area contributed by atoms with Crippen LogP contribution in [0.2, 0.25) is 0 Å². The standard InChI is InChI=1S/C18H23N3O/c1-2-14-7-18(9-20-8-14)22-13-17(19)12-21-10-15-5-3-4-6-16(15)11-21/h3-9,17H,2,10-13,19H2,1H3/t17-/m1/s1. The van der Waals surface area contributed by atoms with Crippen molar-refractivity contribution in [2.45, 2.75) is 32.5 Å². The second kappa shape index (κ2) is 6.90. The number of rotatable bonds is 6. The van der Waals surface area contributed by atoms with E-state index in [-0.39, 0.29) is 6.04 Å². The fraction of sp³-hybridized carbons (Fsp3) is 0.389. The van der Waals surface area contributed by atoms with Crippen LogP contribution in [0.4, 0.5) is 0 Å². The van der Waals surface area contributed by atoms with E-state index in [0.29, 0.717) is 6.61 Å². The first kappa shape index (κ1) is 15.0. The Morgan fingerprint density at radius 1 is 1.23 bits per heavy atom. The van der Waals surface area contributed by atoms with Gasteiger partial charge in [-0.2, -0.15) is 0 Å². The van der Waals surface area contributed by atoms with Crippen LogP contribution in [0, 0.1) is 0 Å². The lowest BCUT2D eigenvalue weighted by Gasteiger charge is -2.20. The van der Waals surface area contributed by atoms with E-state index in [4.69, 9.17) is 10.5 Å². The Bertz CT molecular complexity index is 604. The molecule has 1 aromatic heterocycles. The van der Waals surface area contributed by atoms with Crippen LogP contribution in [0.5, 0.6) is 5.75 Å². The summed E-state index contributed by atoms with van der Waals surface area (Å²) < 4.78 is 5.78. The summed E-state index contributed by atoms with van der Waals surface area (Å²) in [7, 11) is 0. The van der Waals surface area contributed by atoms with Crippen LogP contribution in [0.15, 0.2) is 42.7 Å². The molecule has 1 atom stereocenters. The van der Waals surface area contributed by atoms with Crippen molar-refractivity contribution in [2.24, 2.45) is 5.73 Å². The van der Waals surface area contributed by atoms with Crippen molar-refractivity contribution >= 4 is 0 Å². The molecule has 1 aliphatic rings. The number of nitrogens with zero attached hydrogens (tertiary/aromatic N) is 2. The van der Waals surface area contributed by atoms with Gasteiger partial charge in [0.1, 0.15) is 12.4 Å². The van der Waals surface area contributed by atoms with Gasteiger partial charge in [0.15, 0.2) is 0 Å². The van der Waals surface area contributed by atoms with E-state index in [0.717, 1.165) is 31.8 Å². The lowest BCUT2D eigenvalue weighted by Crippen LogP contribution is -2.39. The molecule has 4 nitrogen and oxygen atoms in total. The predicted octanol–water partition coefficient (Wildman–Crippen LogP) is 2.37. The van der Waals surface area contributed by atoms with Gasteiger partial charge in [-0.05, 0) is 29.2 Å². The van der Waals surface area contributed by atoms with E-state index in [1.165, 1.54) is 16.7 Å². The van der Waals surface area contributed by atoms with E-state index in [1.807, 2.05) is 12.3 Å². The van der Waals surface area contributed by atoms with Crippen molar-refractivity contribution in [3.8, 4) is 5.75 Å². The van der Waals surface area contributed by atoms with Crippen molar-refractivity contribution in [1.29, 1.82) is 0 Å². The second-order valence-electron chi connectivity index (χ2n) is 5.89. The SMILES string of the molecule is CCc1cncc(OC[C@H](N)CN2Cc3ccccc3C2)c1. The van der Waals surface area contributed by atoms with Gasteiger partial charge in [-0.25, -0.2) is 0 Å². The molecule has 0 fully saturated rings. The Morgan fingerprint density at radius 2 is 1.95 bits per heavy atom. The molecule has 3 rings (SSSR count). The van der Waals surface area contributed by atoms with Crippen molar-refractivity contribution in [1.82, 2.24) is 9.88 Å². The molecular formula is C18H23N3O. The molecule has 0 amide bonds. The summed E-state index contributed by atoms with van der Waals surface area (Å²) in [5.74, 6) is 0.805. The van der Waals surface area contributed by atoms with Gasteiger partial charge in [0, 0.05) is 25.8 Å². The maximum absolute atomic E-state index is 6.22. The number of pyridine rings is 1. The Labute approximate surface area is 131 Å². The molecule has 116 valence electrons. The fourth-order valence-electron chi connectivity index (χ4n) is 2.86. The van der Waals surface area contributed by atoms with Crippen LogP contribution < -0.4 is 10.5 Å². The number of hydrogen-bond donors (Lipinski definition) is 1. The van der Waals surface area contributed by atoms with Crippen molar-refractivity contribution in [2.75, 3.05) is 13.2 Å². The number of ether oxygens (including phenoxy) is 1. The molecule has 2 aromatic rings. The molecular weight excluding hydrogens is 274 g/mol. The number of hydrogen-bond acceptors (Lipinski definition) is 4. The van der Waals surface area contributed by atoms with Crippen LogP contribution >= 0.6 is 0 Å². The quantitative estimate of drug-likeness (QED) is 0.889. The van der Waals surface area contributed by atoms with Gasteiger partial charge in [0.2, 0.25) is 0 Å². The molecule has 1 aliphatic heterocycles. The monoisotopic (exact) mass is 297 g/mol. The maximum Gasteiger partial charge on any atom is 0.137 e. The molecule has 0 spiro atoms. The summed E-state index contributed by atoms with van der Waals surface area (Å²) in [6.45, 7) is 5.43. The summed E-state index contributed by atoms with van der Waals surface area (Å²) in [4.78, 5) is 6.56. The molecule has 2 N–H and O–H groups in total. The summed E-state index contributed by atoms with van der Waals surface area (Å²) in [6.07, 6.45) is 4.58. The second-order valence-corrected chi connectivity index (χ2v) is 5.89. The number of benzene rings is 1. The summed E-state index contributed by atoms with van der Waals surface area (Å²) in [5, 5.41) is 0. The molecule has 4 heteroatoms. The lowest BCUT2D eigenvalue weighted by atomic mass is 10.1. The van der Waals surface area contributed by atoms with Gasteiger partial charge < -0.3 is 10.5 Å². The summed E-state index contributed by atoms with van der Waals surface area (Å²) in [5.41, 5.74) is 10.2. The predicted molar refractivity (Wildman–Crippen MR) is 87.6 cm³/mol. The third-order valence-corrected chi connectivity index (χ3v) is 4.04. The zero-order valence-corrected chi connectivity index (χ0v) is 13.0. The molecule has 22 heavy (non-hydrogen) atoms. The highest BCUT2D eigenvalue weighted by atomic mass is 16.5. The van der Waals surface area contributed by atoms with Crippen LogP contribution in [0.25, 0.3) is 0 Å². The minimum Gasteiger partial charge on any atom is -0.490 e. The van der Waals surface area contributed by atoms with Gasteiger partial charge in [-0.15, -0.1) is 0 Å².